The van der Waals surface area contributed by atoms with Crippen LogP contribution in [-0.2, 0) is 11.3 Å². The van der Waals surface area contributed by atoms with Gasteiger partial charge in [0.05, 0.1) is 12.3 Å². The molecular formula is C14H24N2O2. The largest absolute Gasteiger partial charge is 0.492 e. The number of hydrogen-bond donors (Lipinski definition) is 1. The second kappa shape index (κ2) is 8.89. The number of nitrogens with zero attached hydrogens (tertiary/aromatic N) is 1. The van der Waals surface area contributed by atoms with E-state index in [0.717, 1.165) is 49.7 Å². The van der Waals surface area contributed by atoms with E-state index in [2.05, 4.69) is 17.2 Å². The highest BCUT2D eigenvalue weighted by atomic mass is 16.5. The van der Waals surface area contributed by atoms with Crippen LogP contribution < -0.4 is 10.1 Å². The van der Waals surface area contributed by atoms with E-state index in [0.29, 0.717) is 6.61 Å². The lowest BCUT2D eigenvalue weighted by molar-refractivity contribution is 0.171. The smallest absolute Gasteiger partial charge is 0.142 e. The Bertz CT molecular complexity index is 343. The van der Waals surface area contributed by atoms with E-state index in [1.54, 1.807) is 7.11 Å². The molecule has 0 atom stereocenters. The molecule has 0 fully saturated rings. The molecule has 18 heavy (non-hydrogen) atoms. The molecule has 0 saturated carbocycles. The van der Waals surface area contributed by atoms with Crippen molar-refractivity contribution < 1.29 is 9.47 Å². The maximum absolute atomic E-state index is 5.74. The van der Waals surface area contributed by atoms with Crippen LogP contribution in [0.15, 0.2) is 12.1 Å². The molecule has 0 spiro atoms. The lowest BCUT2D eigenvalue weighted by Crippen LogP contribution is -2.16. The van der Waals surface area contributed by atoms with Crippen LogP contribution in [0.3, 0.4) is 0 Å². The molecule has 1 rings (SSSR count). The van der Waals surface area contributed by atoms with Crippen LogP contribution in [-0.4, -0.2) is 31.9 Å². The molecule has 1 aromatic rings. The summed E-state index contributed by atoms with van der Waals surface area (Å²) in [5, 5.41) is 3.35. The van der Waals surface area contributed by atoms with E-state index in [-0.39, 0.29) is 0 Å². The highest BCUT2D eigenvalue weighted by Crippen LogP contribution is 2.17. The first-order chi connectivity index (χ1) is 8.77. The number of aryl methyl sites for hydroxylation is 1. The number of ether oxygens (including phenoxy) is 2. The fraction of sp³-hybridized carbons (Fsp3) is 0.643. The first kappa shape index (κ1) is 14.9. The zero-order valence-electron chi connectivity index (χ0n) is 11.7. The summed E-state index contributed by atoms with van der Waals surface area (Å²) in [4.78, 5) is 4.53. The molecule has 1 aromatic heterocycles. The van der Waals surface area contributed by atoms with Crippen LogP contribution in [0.2, 0.25) is 0 Å². The quantitative estimate of drug-likeness (QED) is 0.685. The van der Waals surface area contributed by atoms with Gasteiger partial charge in [-0.3, -0.25) is 4.98 Å². The van der Waals surface area contributed by atoms with E-state index in [1.807, 2.05) is 19.1 Å². The summed E-state index contributed by atoms with van der Waals surface area (Å²) in [7, 11) is 1.70. The normalized spacial score (nSPS) is 10.6. The van der Waals surface area contributed by atoms with Crippen LogP contribution in [0, 0.1) is 6.92 Å². The van der Waals surface area contributed by atoms with Crippen molar-refractivity contribution in [3.63, 3.8) is 0 Å². The SMILES string of the molecule is CCCNCc1nc(C)ccc1OCCCOC. The summed E-state index contributed by atoms with van der Waals surface area (Å²) in [5.74, 6) is 0.875. The molecule has 4 nitrogen and oxygen atoms in total. The van der Waals surface area contributed by atoms with E-state index in [1.165, 1.54) is 0 Å². The molecule has 0 aliphatic heterocycles. The average molecular weight is 252 g/mol. The van der Waals surface area contributed by atoms with Crippen molar-refractivity contribution in [1.82, 2.24) is 10.3 Å². The summed E-state index contributed by atoms with van der Waals surface area (Å²) in [6.07, 6.45) is 2.02. The summed E-state index contributed by atoms with van der Waals surface area (Å²) >= 11 is 0. The van der Waals surface area contributed by atoms with Crippen molar-refractivity contribution in [2.75, 3.05) is 26.9 Å². The van der Waals surface area contributed by atoms with E-state index < -0.39 is 0 Å². The van der Waals surface area contributed by atoms with Crippen LogP contribution in [0.5, 0.6) is 5.75 Å². The Hall–Kier alpha value is -1.13. The molecule has 102 valence electrons. The maximum Gasteiger partial charge on any atom is 0.142 e. The first-order valence-electron chi connectivity index (χ1n) is 6.57. The monoisotopic (exact) mass is 252 g/mol. The summed E-state index contributed by atoms with van der Waals surface area (Å²) in [6.45, 7) is 7.30. The minimum Gasteiger partial charge on any atom is -0.492 e. The predicted octanol–water partition coefficient (Wildman–Crippen LogP) is 2.30. The standard InChI is InChI=1S/C14H24N2O2/c1-4-8-15-11-13-14(7-6-12(2)16-13)18-10-5-9-17-3/h6-7,15H,4-5,8-11H2,1-3H3. The number of aromatic nitrogens is 1. The third-order valence-corrected chi connectivity index (χ3v) is 2.54. The Morgan fingerprint density at radius 3 is 2.83 bits per heavy atom. The van der Waals surface area contributed by atoms with Crippen LogP contribution >= 0.6 is 0 Å². The molecule has 1 heterocycles. The fourth-order valence-electron chi connectivity index (χ4n) is 1.62. The summed E-state index contributed by atoms with van der Waals surface area (Å²) in [5.41, 5.74) is 2.01. The van der Waals surface area contributed by atoms with Crippen molar-refractivity contribution in [3.8, 4) is 5.75 Å². The van der Waals surface area contributed by atoms with Gasteiger partial charge in [-0.25, -0.2) is 0 Å². The molecule has 0 aliphatic rings. The van der Waals surface area contributed by atoms with Crippen molar-refractivity contribution >= 4 is 0 Å². The fourth-order valence-corrected chi connectivity index (χ4v) is 1.62. The van der Waals surface area contributed by atoms with Crippen molar-refractivity contribution in [1.29, 1.82) is 0 Å². The molecule has 0 unspecified atom stereocenters. The van der Waals surface area contributed by atoms with Gasteiger partial charge in [-0.1, -0.05) is 6.92 Å². The average Bonchev–Trinajstić information content (AvgIpc) is 2.37. The van der Waals surface area contributed by atoms with Gasteiger partial charge in [-0.2, -0.15) is 0 Å². The molecule has 0 saturated heterocycles. The molecule has 1 N–H and O–H groups in total. The van der Waals surface area contributed by atoms with Crippen molar-refractivity contribution in [3.05, 3.63) is 23.5 Å². The summed E-state index contributed by atoms with van der Waals surface area (Å²) < 4.78 is 10.7. The van der Waals surface area contributed by atoms with Crippen molar-refractivity contribution in [2.45, 2.75) is 33.2 Å². The lowest BCUT2D eigenvalue weighted by atomic mass is 10.2. The van der Waals surface area contributed by atoms with Gasteiger partial charge in [0, 0.05) is 32.4 Å². The van der Waals surface area contributed by atoms with Gasteiger partial charge in [0.25, 0.3) is 0 Å². The minimum atomic E-state index is 0.666. The number of methoxy groups -OCH3 is 1. The van der Waals surface area contributed by atoms with Crippen LogP contribution in [0.25, 0.3) is 0 Å². The molecule has 0 radical (unpaired) electrons. The molecule has 0 amide bonds. The zero-order chi connectivity index (χ0) is 13.2. The Morgan fingerprint density at radius 2 is 2.11 bits per heavy atom. The molecular weight excluding hydrogens is 228 g/mol. The molecule has 0 aromatic carbocycles. The second-order valence-electron chi connectivity index (χ2n) is 4.27. The topological polar surface area (TPSA) is 43.4 Å². The highest BCUT2D eigenvalue weighted by Gasteiger charge is 2.05. The Balaban J connectivity index is 2.52. The second-order valence-corrected chi connectivity index (χ2v) is 4.27. The first-order valence-corrected chi connectivity index (χ1v) is 6.57. The highest BCUT2D eigenvalue weighted by molar-refractivity contribution is 5.29. The van der Waals surface area contributed by atoms with Gasteiger partial charge in [0.2, 0.25) is 0 Å². The Labute approximate surface area is 110 Å². The van der Waals surface area contributed by atoms with Gasteiger partial charge >= 0.3 is 0 Å². The lowest BCUT2D eigenvalue weighted by Gasteiger charge is -2.12. The molecule has 4 heteroatoms. The van der Waals surface area contributed by atoms with Gasteiger partial charge in [-0.15, -0.1) is 0 Å². The van der Waals surface area contributed by atoms with E-state index in [4.69, 9.17) is 9.47 Å². The van der Waals surface area contributed by atoms with Crippen molar-refractivity contribution in [2.24, 2.45) is 0 Å². The van der Waals surface area contributed by atoms with E-state index in [9.17, 15) is 0 Å². The molecule has 0 aliphatic carbocycles. The Kier molecular flexibility index (Phi) is 7.37. The predicted molar refractivity (Wildman–Crippen MR) is 73.0 cm³/mol. The number of hydrogen-bond acceptors (Lipinski definition) is 4. The van der Waals surface area contributed by atoms with Gasteiger partial charge in [-0.05, 0) is 32.0 Å². The number of pyridine rings is 1. The van der Waals surface area contributed by atoms with Crippen LogP contribution in [0.4, 0.5) is 0 Å². The third-order valence-electron chi connectivity index (χ3n) is 2.54. The minimum absolute atomic E-state index is 0.666. The molecule has 0 bridgehead atoms. The zero-order valence-corrected chi connectivity index (χ0v) is 11.7. The maximum atomic E-state index is 5.74. The van der Waals surface area contributed by atoms with Gasteiger partial charge < -0.3 is 14.8 Å². The third kappa shape index (κ3) is 5.47. The summed E-state index contributed by atoms with van der Waals surface area (Å²) in [6, 6.07) is 3.98. The number of nitrogens with one attached hydrogen (secondary N) is 1. The van der Waals surface area contributed by atoms with Gasteiger partial charge in [0.1, 0.15) is 5.75 Å². The van der Waals surface area contributed by atoms with Gasteiger partial charge in [0.15, 0.2) is 0 Å². The Morgan fingerprint density at radius 1 is 1.28 bits per heavy atom. The van der Waals surface area contributed by atoms with Crippen LogP contribution in [0.1, 0.15) is 31.2 Å². The van der Waals surface area contributed by atoms with E-state index >= 15 is 0 Å². The number of rotatable bonds is 9.